The van der Waals surface area contributed by atoms with Crippen molar-refractivity contribution in [1.29, 1.82) is 0 Å². The van der Waals surface area contributed by atoms with E-state index in [9.17, 15) is 5.11 Å². The number of aliphatic hydroxyl groups excluding tert-OH is 1. The molecule has 5 heteroatoms. The lowest BCUT2D eigenvalue weighted by molar-refractivity contribution is 0.301. The molecule has 2 aromatic heterocycles. The van der Waals surface area contributed by atoms with Gasteiger partial charge >= 0.3 is 0 Å². The number of hydrogen-bond acceptors (Lipinski definition) is 5. The standard InChI is InChI=1S/C13H19N3OS/c1-3-4-5-16(6-7-17)13-12-11(14-9-15-13)10(2)8-18-12/h8-9,17H,3-7H2,1-2H3. The number of nitrogens with zero attached hydrogens (tertiary/aromatic N) is 3. The van der Waals surface area contributed by atoms with Crippen LogP contribution in [0.2, 0.25) is 0 Å². The van der Waals surface area contributed by atoms with Gasteiger partial charge in [0.1, 0.15) is 12.1 Å². The molecule has 0 aliphatic rings. The van der Waals surface area contributed by atoms with Crippen molar-refractivity contribution in [3.05, 3.63) is 17.3 Å². The van der Waals surface area contributed by atoms with E-state index in [0.717, 1.165) is 35.4 Å². The van der Waals surface area contributed by atoms with Gasteiger partial charge in [-0.05, 0) is 24.3 Å². The van der Waals surface area contributed by atoms with Crippen LogP contribution in [0.4, 0.5) is 5.82 Å². The van der Waals surface area contributed by atoms with Crippen molar-refractivity contribution in [1.82, 2.24) is 9.97 Å². The lowest BCUT2D eigenvalue weighted by Crippen LogP contribution is -2.28. The maximum Gasteiger partial charge on any atom is 0.150 e. The number of aryl methyl sites for hydroxylation is 1. The Hall–Kier alpha value is -1.20. The maximum absolute atomic E-state index is 9.19. The average molecular weight is 265 g/mol. The van der Waals surface area contributed by atoms with Crippen LogP contribution in [0.3, 0.4) is 0 Å². The summed E-state index contributed by atoms with van der Waals surface area (Å²) in [5.74, 6) is 0.959. The Kier molecular flexibility index (Phi) is 4.49. The molecule has 0 unspecified atom stereocenters. The summed E-state index contributed by atoms with van der Waals surface area (Å²) in [6, 6.07) is 0. The molecule has 2 rings (SSSR count). The van der Waals surface area contributed by atoms with Crippen LogP contribution in [0.5, 0.6) is 0 Å². The minimum atomic E-state index is 0.152. The summed E-state index contributed by atoms with van der Waals surface area (Å²) in [7, 11) is 0. The third-order valence-electron chi connectivity index (χ3n) is 2.96. The van der Waals surface area contributed by atoms with Crippen molar-refractivity contribution >= 4 is 27.4 Å². The molecule has 4 nitrogen and oxygen atoms in total. The molecule has 2 aromatic rings. The van der Waals surface area contributed by atoms with Gasteiger partial charge in [-0.2, -0.15) is 0 Å². The summed E-state index contributed by atoms with van der Waals surface area (Å²) < 4.78 is 1.12. The van der Waals surface area contributed by atoms with Crippen molar-refractivity contribution in [2.75, 3.05) is 24.6 Å². The highest BCUT2D eigenvalue weighted by atomic mass is 32.1. The van der Waals surface area contributed by atoms with Gasteiger partial charge in [0, 0.05) is 13.1 Å². The van der Waals surface area contributed by atoms with E-state index in [0.29, 0.717) is 6.54 Å². The number of unbranched alkanes of at least 4 members (excludes halogenated alkanes) is 1. The Labute approximate surface area is 111 Å². The summed E-state index contributed by atoms with van der Waals surface area (Å²) >= 11 is 1.68. The number of rotatable bonds is 6. The van der Waals surface area contributed by atoms with Crippen LogP contribution in [0.15, 0.2) is 11.7 Å². The number of aromatic nitrogens is 2. The molecule has 98 valence electrons. The Morgan fingerprint density at radius 1 is 1.33 bits per heavy atom. The van der Waals surface area contributed by atoms with Gasteiger partial charge in [0.15, 0.2) is 0 Å². The quantitative estimate of drug-likeness (QED) is 0.872. The first kappa shape index (κ1) is 13.2. The van der Waals surface area contributed by atoms with E-state index in [1.54, 1.807) is 17.7 Å². The lowest BCUT2D eigenvalue weighted by atomic mass is 10.3. The van der Waals surface area contributed by atoms with Gasteiger partial charge in [-0.3, -0.25) is 0 Å². The Bertz CT molecular complexity index is 512. The highest BCUT2D eigenvalue weighted by Crippen LogP contribution is 2.30. The Balaban J connectivity index is 2.36. The summed E-state index contributed by atoms with van der Waals surface area (Å²) in [5.41, 5.74) is 2.22. The zero-order valence-corrected chi connectivity index (χ0v) is 11.7. The fraction of sp³-hybridized carbons (Fsp3) is 0.538. The summed E-state index contributed by atoms with van der Waals surface area (Å²) in [4.78, 5) is 10.9. The summed E-state index contributed by atoms with van der Waals surface area (Å²) in [5, 5.41) is 11.3. The number of thiophene rings is 1. The second kappa shape index (κ2) is 6.11. The molecule has 0 spiro atoms. The smallest absolute Gasteiger partial charge is 0.150 e. The SMILES string of the molecule is CCCCN(CCO)c1ncnc2c(C)csc12. The Morgan fingerprint density at radius 2 is 2.17 bits per heavy atom. The molecule has 1 N–H and O–H groups in total. The second-order valence-corrected chi connectivity index (χ2v) is 5.24. The van der Waals surface area contributed by atoms with Crippen LogP contribution >= 0.6 is 11.3 Å². The van der Waals surface area contributed by atoms with Gasteiger partial charge in [0.25, 0.3) is 0 Å². The highest BCUT2D eigenvalue weighted by Gasteiger charge is 2.14. The number of hydrogen-bond donors (Lipinski definition) is 1. The van der Waals surface area contributed by atoms with E-state index in [-0.39, 0.29) is 6.61 Å². The molecule has 0 aliphatic carbocycles. The molecule has 0 saturated carbocycles. The minimum absolute atomic E-state index is 0.152. The number of aliphatic hydroxyl groups is 1. The van der Waals surface area contributed by atoms with Crippen molar-refractivity contribution in [2.24, 2.45) is 0 Å². The van der Waals surface area contributed by atoms with Gasteiger partial charge in [-0.15, -0.1) is 11.3 Å². The fourth-order valence-corrected chi connectivity index (χ4v) is 2.99. The first-order chi connectivity index (χ1) is 8.77. The van der Waals surface area contributed by atoms with Crippen molar-refractivity contribution in [3.8, 4) is 0 Å². The number of anilines is 1. The average Bonchev–Trinajstić information content (AvgIpc) is 2.77. The zero-order chi connectivity index (χ0) is 13.0. The molecule has 2 heterocycles. The summed E-state index contributed by atoms with van der Waals surface area (Å²) in [6.07, 6.45) is 3.86. The van der Waals surface area contributed by atoms with Gasteiger partial charge in [0.2, 0.25) is 0 Å². The highest BCUT2D eigenvalue weighted by molar-refractivity contribution is 7.18. The van der Waals surface area contributed by atoms with E-state index in [2.05, 4.69) is 34.1 Å². The van der Waals surface area contributed by atoms with Crippen LogP contribution in [-0.4, -0.2) is 34.8 Å². The lowest BCUT2D eigenvalue weighted by Gasteiger charge is -2.22. The molecular formula is C13H19N3OS. The largest absolute Gasteiger partial charge is 0.395 e. The van der Waals surface area contributed by atoms with Gasteiger partial charge in [-0.1, -0.05) is 13.3 Å². The molecule has 0 aromatic carbocycles. The molecule has 18 heavy (non-hydrogen) atoms. The van der Waals surface area contributed by atoms with Gasteiger partial charge in [0.05, 0.1) is 16.8 Å². The number of fused-ring (bicyclic) bond motifs is 1. The van der Waals surface area contributed by atoms with Crippen LogP contribution in [-0.2, 0) is 0 Å². The maximum atomic E-state index is 9.19. The van der Waals surface area contributed by atoms with E-state index < -0.39 is 0 Å². The predicted octanol–water partition coefficient (Wildman–Crippen LogP) is 2.60. The molecule has 0 amide bonds. The van der Waals surface area contributed by atoms with Crippen LogP contribution in [0.1, 0.15) is 25.3 Å². The third kappa shape index (κ3) is 2.62. The van der Waals surface area contributed by atoms with Crippen molar-refractivity contribution < 1.29 is 5.11 Å². The van der Waals surface area contributed by atoms with E-state index in [1.807, 2.05) is 0 Å². The summed E-state index contributed by atoms with van der Waals surface area (Å²) in [6.45, 7) is 5.95. The van der Waals surface area contributed by atoms with Gasteiger partial charge in [-0.25, -0.2) is 9.97 Å². The zero-order valence-electron chi connectivity index (χ0n) is 10.9. The van der Waals surface area contributed by atoms with Crippen LogP contribution in [0, 0.1) is 6.92 Å². The minimum Gasteiger partial charge on any atom is -0.395 e. The first-order valence-electron chi connectivity index (χ1n) is 6.32. The van der Waals surface area contributed by atoms with E-state index in [4.69, 9.17) is 0 Å². The molecule has 0 fully saturated rings. The monoisotopic (exact) mass is 265 g/mol. The molecule has 0 atom stereocenters. The second-order valence-electron chi connectivity index (χ2n) is 4.36. The molecule has 0 bridgehead atoms. The van der Waals surface area contributed by atoms with Crippen LogP contribution in [0.25, 0.3) is 10.2 Å². The fourth-order valence-electron chi connectivity index (χ4n) is 1.98. The molecular weight excluding hydrogens is 246 g/mol. The van der Waals surface area contributed by atoms with Crippen molar-refractivity contribution in [2.45, 2.75) is 26.7 Å². The van der Waals surface area contributed by atoms with E-state index in [1.165, 1.54) is 5.56 Å². The first-order valence-corrected chi connectivity index (χ1v) is 7.20. The normalized spacial score (nSPS) is 11.1. The molecule has 0 aliphatic heterocycles. The van der Waals surface area contributed by atoms with E-state index >= 15 is 0 Å². The van der Waals surface area contributed by atoms with Gasteiger partial charge < -0.3 is 10.0 Å². The van der Waals surface area contributed by atoms with Crippen LogP contribution < -0.4 is 4.90 Å². The topological polar surface area (TPSA) is 49.2 Å². The van der Waals surface area contributed by atoms with Crippen molar-refractivity contribution in [3.63, 3.8) is 0 Å². The molecule has 0 saturated heterocycles. The third-order valence-corrected chi connectivity index (χ3v) is 4.05. The predicted molar refractivity (Wildman–Crippen MR) is 76.4 cm³/mol. The molecule has 0 radical (unpaired) electrons. The Morgan fingerprint density at radius 3 is 2.89 bits per heavy atom.